The minimum atomic E-state index is 0.148. The van der Waals surface area contributed by atoms with E-state index in [4.69, 9.17) is 4.74 Å². The van der Waals surface area contributed by atoms with Crippen molar-refractivity contribution in [1.82, 2.24) is 9.97 Å². The highest BCUT2D eigenvalue weighted by atomic mass is 16.5. The molecule has 2 aliphatic rings. The van der Waals surface area contributed by atoms with Crippen molar-refractivity contribution in [2.24, 2.45) is 11.8 Å². The van der Waals surface area contributed by atoms with E-state index in [2.05, 4.69) is 15.3 Å². The van der Waals surface area contributed by atoms with Crippen molar-refractivity contribution in [3.63, 3.8) is 0 Å². The third kappa shape index (κ3) is 2.42. The van der Waals surface area contributed by atoms with Gasteiger partial charge in [0.15, 0.2) is 0 Å². The summed E-state index contributed by atoms with van der Waals surface area (Å²) >= 11 is 0. The first-order valence-corrected chi connectivity index (χ1v) is 6.96. The van der Waals surface area contributed by atoms with E-state index in [1.54, 1.807) is 6.33 Å². The molecule has 98 valence electrons. The Kier molecular flexibility index (Phi) is 3.10. The van der Waals surface area contributed by atoms with Gasteiger partial charge in [0.2, 0.25) is 5.88 Å². The van der Waals surface area contributed by atoms with Crippen molar-refractivity contribution >= 4 is 5.82 Å². The van der Waals surface area contributed by atoms with Crippen LogP contribution in [0.15, 0.2) is 12.4 Å². The van der Waals surface area contributed by atoms with E-state index in [1.165, 1.54) is 25.7 Å². The van der Waals surface area contributed by atoms with Crippen molar-refractivity contribution in [2.75, 3.05) is 5.32 Å². The van der Waals surface area contributed by atoms with Gasteiger partial charge in [-0.2, -0.15) is 0 Å². The fourth-order valence-corrected chi connectivity index (χ4v) is 3.34. The lowest BCUT2D eigenvalue weighted by molar-refractivity contribution is 0.232. The lowest BCUT2D eigenvalue weighted by Crippen LogP contribution is -2.26. The molecule has 4 heteroatoms. The van der Waals surface area contributed by atoms with Crippen LogP contribution in [0.25, 0.3) is 0 Å². The summed E-state index contributed by atoms with van der Waals surface area (Å²) in [7, 11) is 0. The van der Waals surface area contributed by atoms with Crippen LogP contribution in [0.5, 0.6) is 5.88 Å². The Hall–Kier alpha value is -1.32. The first kappa shape index (κ1) is 11.8. The smallest absolute Gasteiger partial charge is 0.218 e. The van der Waals surface area contributed by atoms with Crippen molar-refractivity contribution in [3.05, 3.63) is 12.4 Å². The highest BCUT2D eigenvalue weighted by Gasteiger charge is 2.39. The van der Waals surface area contributed by atoms with Crippen LogP contribution < -0.4 is 10.1 Å². The minimum absolute atomic E-state index is 0.148. The van der Waals surface area contributed by atoms with Gasteiger partial charge in [0.05, 0.1) is 6.10 Å². The minimum Gasteiger partial charge on any atom is -0.475 e. The molecule has 2 saturated carbocycles. The quantitative estimate of drug-likeness (QED) is 0.888. The van der Waals surface area contributed by atoms with Gasteiger partial charge in [-0.3, -0.25) is 0 Å². The highest BCUT2D eigenvalue weighted by Crippen LogP contribution is 2.45. The molecular weight excluding hydrogens is 226 g/mol. The molecule has 0 saturated heterocycles. The summed E-state index contributed by atoms with van der Waals surface area (Å²) in [6.45, 7) is 4.01. The second-order valence-corrected chi connectivity index (χ2v) is 5.83. The predicted molar refractivity (Wildman–Crippen MR) is 70.7 cm³/mol. The van der Waals surface area contributed by atoms with Gasteiger partial charge in [-0.25, -0.2) is 9.97 Å². The Bertz CT molecular complexity index is 421. The summed E-state index contributed by atoms with van der Waals surface area (Å²) in [6, 6.07) is 2.51. The molecule has 3 unspecified atom stereocenters. The normalized spacial score (nSPS) is 29.8. The van der Waals surface area contributed by atoms with E-state index in [0.717, 1.165) is 17.7 Å². The van der Waals surface area contributed by atoms with Crippen LogP contribution in [0.3, 0.4) is 0 Å². The van der Waals surface area contributed by atoms with E-state index in [9.17, 15) is 0 Å². The summed E-state index contributed by atoms with van der Waals surface area (Å²) in [4.78, 5) is 8.42. The molecule has 1 heterocycles. The second kappa shape index (κ2) is 4.75. The molecule has 18 heavy (non-hydrogen) atoms. The zero-order valence-corrected chi connectivity index (χ0v) is 11.1. The Labute approximate surface area is 108 Å². The molecule has 1 aromatic heterocycles. The number of ether oxygens (including phenoxy) is 1. The molecule has 0 aliphatic heterocycles. The van der Waals surface area contributed by atoms with Gasteiger partial charge >= 0.3 is 0 Å². The molecular formula is C14H21N3O. The van der Waals surface area contributed by atoms with E-state index in [0.29, 0.717) is 11.9 Å². The Morgan fingerprint density at radius 1 is 1.28 bits per heavy atom. The molecule has 3 rings (SSSR count). The molecule has 3 atom stereocenters. The third-order valence-corrected chi connectivity index (χ3v) is 4.07. The van der Waals surface area contributed by atoms with Crippen LogP contribution in [-0.2, 0) is 0 Å². The molecule has 0 aromatic carbocycles. The van der Waals surface area contributed by atoms with Gasteiger partial charge < -0.3 is 10.1 Å². The number of rotatable bonds is 4. The standard InChI is InChI=1S/C14H21N3O/c1-9(2)18-14-7-13(15-8-16-14)17-12-6-10-3-4-11(12)5-10/h7-12H,3-6H2,1-2H3,(H,15,16,17). The van der Waals surface area contributed by atoms with Gasteiger partial charge in [0, 0.05) is 12.1 Å². The lowest BCUT2D eigenvalue weighted by Gasteiger charge is -2.23. The van der Waals surface area contributed by atoms with Crippen LogP contribution in [0.4, 0.5) is 5.82 Å². The first-order chi connectivity index (χ1) is 8.70. The Morgan fingerprint density at radius 2 is 2.17 bits per heavy atom. The molecule has 2 aliphatic carbocycles. The average molecular weight is 247 g/mol. The zero-order chi connectivity index (χ0) is 12.5. The number of nitrogens with one attached hydrogen (secondary N) is 1. The van der Waals surface area contributed by atoms with Crippen LogP contribution in [0, 0.1) is 11.8 Å². The largest absolute Gasteiger partial charge is 0.475 e. The lowest BCUT2D eigenvalue weighted by atomic mass is 9.95. The average Bonchev–Trinajstić information content (AvgIpc) is 2.90. The number of aromatic nitrogens is 2. The van der Waals surface area contributed by atoms with Crippen molar-refractivity contribution in [3.8, 4) is 5.88 Å². The van der Waals surface area contributed by atoms with Crippen molar-refractivity contribution in [2.45, 2.75) is 51.7 Å². The Morgan fingerprint density at radius 3 is 2.83 bits per heavy atom. The summed E-state index contributed by atoms with van der Waals surface area (Å²) in [6.07, 6.45) is 7.23. The molecule has 4 nitrogen and oxygen atoms in total. The van der Waals surface area contributed by atoms with Gasteiger partial charge in [-0.1, -0.05) is 6.42 Å². The third-order valence-electron chi connectivity index (χ3n) is 4.07. The number of hydrogen-bond donors (Lipinski definition) is 1. The Balaban J connectivity index is 1.65. The van der Waals surface area contributed by atoms with Gasteiger partial charge in [-0.15, -0.1) is 0 Å². The maximum absolute atomic E-state index is 5.59. The number of fused-ring (bicyclic) bond motifs is 2. The number of hydrogen-bond acceptors (Lipinski definition) is 4. The fourth-order valence-electron chi connectivity index (χ4n) is 3.34. The van der Waals surface area contributed by atoms with Crippen LogP contribution in [-0.4, -0.2) is 22.1 Å². The molecule has 0 spiro atoms. The summed E-state index contributed by atoms with van der Waals surface area (Å²) < 4.78 is 5.59. The number of anilines is 1. The highest BCUT2D eigenvalue weighted by molar-refractivity contribution is 5.39. The molecule has 0 radical (unpaired) electrons. The van der Waals surface area contributed by atoms with Gasteiger partial charge in [-0.05, 0) is 44.9 Å². The molecule has 2 bridgehead atoms. The summed E-state index contributed by atoms with van der Waals surface area (Å²) in [5.41, 5.74) is 0. The van der Waals surface area contributed by atoms with Gasteiger partial charge in [0.1, 0.15) is 12.1 Å². The molecule has 0 amide bonds. The van der Waals surface area contributed by atoms with E-state index in [-0.39, 0.29) is 6.10 Å². The molecule has 1 N–H and O–H groups in total. The van der Waals surface area contributed by atoms with E-state index in [1.807, 2.05) is 19.9 Å². The summed E-state index contributed by atoms with van der Waals surface area (Å²) in [5, 5.41) is 3.55. The molecule has 2 fully saturated rings. The second-order valence-electron chi connectivity index (χ2n) is 5.83. The first-order valence-electron chi connectivity index (χ1n) is 6.96. The monoisotopic (exact) mass is 247 g/mol. The van der Waals surface area contributed by atoms with Crippen LogP contribution >= 0.6 is 0 Å². The van der Waals surface area contributed by atoms with Gasteiger partial charge in [0.25, 0.3) is 0 Å². The van der Waals surface area contributed by atoms with Crippen LogP contribution in [0.2, 0.25) is 0 Å². The zero-order valence-electron chi connectivity index (χ0n) is 11.1. The van der Waals surface area contributed by atoms with E-state index >= 15 is 0 Å². The summed E-state index contributed by atoms with van der Waals surface area (Å²) in [5.74, 6) is 3.35. The van der Waals surface area contributed by atoms with Crippen molar-refractivity contribution in [1.29, 1.82) is 0 Å². The SMILES string of the molecule is CC(C)Oc1cc(NC2CC3CCC2C3)ncn1. The maximum atomic E-state index is 5.59. The predicted octanol–water partition coefficient (Wildman–Crippen LogP) is 2.86. The fraction of sp³-hybridized carbons (Fsp3) is 0.714. The van der Waals surface area contributed by atoms with Crippen molar-refractivity contribution < 1.29 is 4.74 Å². The molecule has 1 aromatic rings. The maximum Gasteiger partial charge on any atom is 0.218 e. The van der Waals surface area contributed by atoms with E-state index < -0.39 is 0 Å². The topological polar surface area (TPSA) is 47.0 Å². The number of nitrogens with zero attached hydrogens (tertiary/aromatic N) is 2. The van der Waals surface area contributed by atoms with Crippen LogP contribution in [0.1, 0.15) is 39.5 Å².